The van der Waals surface area contributed by atoms with E-state index in [9.17, 15) is 9.59 Å². The van der Waals surface area contributed by atoms with Gasteiger partial charge in [-0.3, -0.25) is 4.79 Å². The number of halogens is 1. The van der Waals surface area contributed by atoms with Gasteiger partial charge in [0.25, 0.3) is 0 Å². The molecule has 2 rings (SSSR count). The molecule has 0 aliphatic heterocycles. The molecule has 0 saturated carbocycles. The molecule has 1 atom stereocenters. The fourth-order valence-electron chi connectivity index (χ4n) is 2.00. The van der Waals surface area contributed by atoms with Gasteiger partial charge >= 0.3 is 5.97 Å². The fraction of sp³-hybridized carbons (Fsp3) is 0.294. The minimum Gasteiger partial charge on any atom is -0.449 e. The maximum Gasteiger partial charge on any atom is 0.359 e. The van der Waals surface area contributed by atoms with Crippen molar-refractivity contribution >= 4 is 35.1 Å². The second-order valence-corrected chi connectivity index (χ2v) is 6.20. The summed E-state index contributed by atoms with van der Waals surface area (Å²) in [5.41, 5.74) is 1.58. The van der Waals surface area contributed by atoms with Crippen LogP contribution in [0.15, 0.2) is 35.6 Å². The number of carbonyl (C=O) groups is 2. The number of hydrogen-bond donors (Lipinski definition) is 0. The SMILES string of the molecule is CCc1ccc(C(=O)[C@H](C)OC(=O)c2nc(SC)ncc2Cl)cc1. The number of benzene rings is 1. The van der Waals surface area contributed by atoms with Crippen LogP contribution in [0.25, 0.3) is 0 Å². The molecule has 0 saturated heterocycles. The Morgan fingerprint density at radius 1 is 1.29 bits per heavy atom. The van der Waals surface area contributed by atoms with Crippen LogP contribution in [0.4, 0.5) is 0 Å². The number of Topliss-reactive ketones (excluding diaryl/α,β-unsaturated/α-hetero) is 1. The van der Waals surface area contributed by atoms with E-state index in [4.69, 9.17) is 16.3 Å². The van der Waals surface area contributed by atoms with E-state index >= 15 is 0 Å². The summed E-state index contributed by atoms with van der Waals surface area (Å²) in [6.07, 6.45) is 3.08. The van der Waals surface area contributed by atoms with Crippen LogP contribution in [-0.4, -0.2) is 34.1 Å². The van der Waals surface area contributed by atoms with E-state index in [-0.39, 0.29) is 16.5 Å². The first-order valence-corrected chi connectivity index (χ1v) is 8.97. The van der Waals surface area contributed by atoms with Crippen molar-refractivity contribution in [1.29, 1.82) is 0 Å². The van der Waals surface area contributed by atoms with E-state index in [0.717, 1.165) is 12.0 Å². The second-order valence-electron chi connectivity index (χ2n) is 5.02. The van der Waals surface area contributed by atoms with Crippen LogP contribution < -0.4 is 0 Å². The molecule has 0 aliphatic rings. The van der Waals surface area contributed by atoms with Crippen molar-refractivity contribution < 1.29 is 14.3 Å². The molecule has 0 radical (unpaired) electrons. The molecule has 0 N–H and O–H groups in total. The van der Waals surface area contributed by atoms with Gasteiger partial charge in [-0.2, -0.15) is 0 Å². The van der Waals surface area contributed by atoms with Gasteiger partial charge in [-0.1, -0.05) is 54.6 Å². The quantitative estimate of drug-likeness (QED) is 0.335. The van der Waals surface area contributed by atoms with Crippen LogP contribution in [0.5, 0.6) is 0 Å². The van der Waals surface area contributed by atoms with Crippen molar-refractivity contribution in [2.75, 3.05) is 6.26 Å². The molecule has 0 aliphatic carbocycles. The van der Waals surface area contributed by atoms with Gasteiger partial charge in [0.1, 0.15) is 0 Å². The lowest BCUT2D eigenvalue weighted by molar-refractivity contribution is 0.0312. The molecular formula is C17H17ClN2O3S. The lowest BCUT2D eigenvalue weighted by atomic mass is 10.0. The highest BCUT2D eigenvalue weighted by Crippen LogP contribution is 2.18. The predicted molar refractivity (Wildman–Crippen MR) is 93.9 cm³/mol. The summed E-state index contributed by atoms with van der Waals surface area (Å²) < 4.78 is 5.22. The molecule has 2 aromatic rings. The first-order valence-electron chi connectivity index (χ1n) is 7.37. The van der Waals surface area contributed by atoms with Crippen LogP contribution in [0, 0.1) is 0 Å². The first-order chi connectivity index (χ1) is 11.5. The van der Waals surface area contributed by atoms with Gasteiger partial charge in [0.2, 0.25) is 5.78 Å². The summed E-state index contributed by atoms with van der Waals surface area (Å²) >= 11 is 7.22. The Morgan fingerprint density at radius 3 is 2.54 bits per heavy atom. The van der Waals surface area contributed by atoms with Gasteiger partial charge in [0.15, 0.2) is 17.0 Å². The largest absolute Gasteiger partial charge is 0.449 e. The Hall–Kier alpha value is -1.92. The molecule has 7 heteroatoms. The third-order valence-corrected chi connectivity index (χ3v) is 4.24. The smallest absolute Gasteiger partial charge is 0.359 e. The number of ether oxygens (including phenoxy) is 1. The monoisotopic (exact) mass is 364 g/mol. The lowest BCUT2D eigenvalue weighted by Gasteiger charge is -2.13. The van der Waals surface area contributed by atoms with Gasteiger partial charge in [-0.15, -0.1) is 0 Å². The van der Waals surface area contributed by atoms with Crippen LogP contribution in [0.2, 0.25) is 5.02 Å². The van der Waals surface area contributed by atoms with Crippen molar-refractivity contribution in [3.63, 3.8) is 0 Å². The van der Waals surface area contributed by atoms with Crippen LogP contribution in [0.3, 0.4) is 0 Å². The van der Waals surface area contributed by atoms with Crippen molar-refractivity contribution in [2.45, 2.75) is 31.5 Å². The normalized spacial score (nSPS) is 11.8. The summed E-state index contributed by atoms with van der Waals surface area (Å²) in [5, 5.41) is 0.491. The van der Waals surface area contributed by atoms with Crippen molar-refractivity contribution in [2.24, 2.45) is 0 Å². The van der Waals surface area contributed by atoms with E-state index in [1.54, 1.807) is 18.4 Å². The molecule has 0 amide bonds. The first kappa shape index (κ1) is 18.4. The highest BCUT2D eigenvalue weighted by molar-refractivity contribution is 7.98. The number of rotatable bonds is 6. The molecule has 0 spiro atoms. The Morgan fingerprint density at radius 2 is 1.96 bits per heavy atom. The third-order valence-electron chi connectivity index (χ3n) is 3.40. The Kier molecular flexibility index (Phi) is 6.34. The van der Waals surface area contributed by atoms with E-state index in [1.165, 1.54) is 24.9 Å². The van der Waals surface area contributed by atoms with Gasteiger partial charge in [0.05, 0.1) is 11.2 Å². The molecule has 0 bridgehead atoms. The van der Waals surface area contributed by atoms with Crippen LogP contribution >= 0.6 is 23.4 Å². The number of ketones is 1. The number of hydrogen-bond acceptors (Lipinski definition) is 6. The molecule has 1 heterocycles. The maximum absolute atomic E-state index is 12.4. The zero-order valence-electron chi connectivity index (χ0n) is 13.6. The summed E-state index contributed by atoms with van der Waals surface area (Å²) in [4.78, 5) is 32.6. The lowest BCUT2D eigenvalue weighted by Crippen LogP contribution is -2.25. The fourth-order valence-corrected chi connectivity index (χ4v) is 2.51. The zero-order chi connectivity index (χ0) is 17.7. The number of nitrogens with zero attached hydrogens (tertiary/aromatic N) is 2. The predicted octanol–water partition coefficient (Wildman–Crippen LogP) is 3.84. The zero-order valence-corrected chi connectivity index (χ0v) is 15.1. The van der Waals surface area contributed by atoms with E-state index in [2.05, 4.69) is 9.97 Å². The minimum atomic E-state index is -0.936. The maximum atomic E-state index is 12.4. The van der Waals surface area contributed by atoms with Gasteiger partial charge in [-0.05, 0) is 25.2 Å². The molecule has 0 unspecified atom stereocenters. The van der Waals surface area contributed by atoms with Crippen molar-refractivity contribution in [3.05, 3.63) is 52.3 Å². The second kappa shape index (κ2) is 8.26. The average molecular weight is 365 g/mol. The Labute approximate surface area is 149 Å². The number of aryl methyl sites for hydroxylation is 1. The standard InChI is InChI=1S/C17H17ClN2O3S/c1-4-11-5-7-12(8-6-11)15(21)10(2)23-16(22)14-13(18)9-19-17(20-14)24-3/h5-10H,4H2,1-3H3/t10-/m0/s1. The Balaban J connectivity index is 2.11. The molecule has 0 fully saturated rings. The summed E-state index contributed by atoms with van der Waals surface area (Å²) in [5.74, 6) is -1.02. The minimum absolute atomic E-state index is 0.0444. The number of esters is 1. The summed E-state index contributed by atoms with van der Waals surface area (Å²) in [6.45, 7) is 3.56. The number of carbonyl (C=O) groups excluding carboxylic acids is 2. The molecule has 24 heavy (non-hydrogen) atoms. The molecule has 5 nitrogen and oxygen atoms in total. The summed E-state index contributed by atoms with van der Waals surface area (Å²) in [6, 6.07) is 7.23. The Bertz CT molecular complexity index is 750. The van der Waals surface area contributed by atoms with E-state index < -0.39 is 12.1 Å². The van der Waals surface area contributed by atoms with Gasteiger partial charge in [-0.25, -0.2) is 14.8 Å². The number of aromatic nitrogens is 2. The molecular weight excluding hydrogens is 348 g/mol. The highest BCUT2D eigenvalue weighted by Gasteiger charge is 2.23. The molecule has 1 aromatic heterocycles. The third kappa shape index (κ3) is 4.33. The van der Waals surface area contributed by atoms with Crippen LogP contribution in [-0.2, 0) is 11.2 Å². The molecule has 1 aromatic carbocycles. The number of thioether (sulfide) groups is 1. The van der Waals surface area contributed by atoms with E-state index in [0.29, 0.717) is 10.7 Å². The van der Waals surface area contributed by atoms with Crippen LogP contribution in [0.1, 0.15) is 40.3 Å². The van der Waals surface area contributed by atoms with Gasteiger partial charge in [0, 0.05) is 5.56 Å². The van der Waals surface area contributed by atoms with Crippen molar-refractivity contribution in [3.8, 4) is 0 Å². The summed E-state index contributed by atoms with van der Waals surface area (Å²) in [7, 11) is 0. The molecule has 126 valence electrons. The average Bonchev–Trinajstić information content (AvgIpc) is 2.61. The topological polar surface area (TPSA) is 69.2 Å². The highest BCUT2D eigenvalue weighted by atomic mass is 35.5. The van der Waals surface area contributed by atoms with E-state index in [1.807, 2.05) is 19.1 Å². The van der Waals surface area contributed by atoms with Crippen molar-refractivity contribution in [1.82, 2.24) is 9.97 Å². The van der Waals surface area contributed by atoms with Gasteiger partial charge < -0.3 is 4.74 Å².